The van der Waals surface area contributed by atoms with Crippen LogP contribution in [0.25, 0.3) is 0 Å². The van der Waals surface area contributed by atoms with E-state index < -0.39 is 0 Å². The highest BCUT2D eigenvalue weighted by Crippen LogP contribution is 2.13. The molecule has 0 aliphatic carbocycles. The van der Waals surface area contributed by atoms with Gasteiger partial charge in [0, 0.05) is 31.5 Å². The minimum atomic E-state index is -0.235. The molecule has 2 rings (SSSR count). The third kappa shape index (κ3) is 4.12. The van der Waals surface area contributed by atoms with Gasteiger partial charge in [-0.1, -0.05) is 12.1 Å². The van der Waals surface area contributed by atoms with Gasteiger partial charge in [0.1, 0.15) is 5.82 Å². The predicted molar refractivity (Wildman–Crippen MR) is 73.9 cm³/mol. The summed E-state index contributed by atoms with van der Waals surface area (Å²) in [5.74, 6) is -0.235. The van der Waals surface area contributed by atoms with Crippen molar-refractivity contribution in [3.8, 4) is 0 Å². The van der Waals surface area contributed by atoms with Gasteiger partial charge < -0.3 is 10.6 Å². The predicted octanol–water partition coefficient (Wildman–Crippen LogP) is 2.35. The van der Waals surface area contributed by atoms with Crippen LogP contribution < -0.4 is 5.73 Å². The molecule has 0 radical (unpaired) electrons. The van der Waals surface area contributed by atoms with Gasteiger partial charge in [0.2, 0.25) is 0 Å². The Hall–Kier alpha value is -1.78. The van der Waals surface area contributed by atoms with Gasteiger partial charge >= 0.3 is 0 Å². The molecule has 0 saturated heterocycles. The van der Waals surface area contributed by atoms with Crippen LogP contribution in [0.4, 0.5) is 4.39 Å². The van der Waals surface area contributed by atoms with Crippen molar-refractivity contribution in [1.82, 2.24) is 9.88 Å². The Morgan fingerprint density at radius 1 is 1.16 bits per heavy atom. The van der Waals surface area contributed by atoms with Crippen molar-refractivity contribution < 1.29 is 4.39 Å². The van der Waals surface area contributed by atoms with Crippen molar-refractivity contribution in [3.63, 3.8) is 0 Å². The van der Waals surface area contributed by atoms with Crippen LogP contribution in [0.2, 0.25) is 0 Å². The molecule has 2 N–H and O–H groups in total. The average Bonchev–Trinajstić information content (AvgIpc) is 2.40. The highest BCUT2D eigenvalue weighted by atomic mass is 19.1. The van der Waals surface area contributed by atoms with Gasteiger partial charge in [-0.2, -0.15) is 0 Å². The Morgan fingerprint density at radius 2 is 1.79 bits per heavy atom. The summed E-state index contributed by atoms with van der Waals surface area (Å²) < 4.78 is 12.8. The minimum Gasteiger partial charge on any atom is -0.323 e. The third-order valence-electron chi connectivity index (χ3n) is 3.01. The van der Waals surface area contributed by atoms with Crippen molar-refractivity contribution in [2.75, 3.05) is 13.6 Å². The molecule has 0 spiro atoms. The van der Waals surface area contributed by atoms with E-state index in [4.69, 9.17) is 5.73 Å². The van der Waals surface area contributed by atoms with Crippen molar-refractivity contribution >= 4 is 0 Å². The first-order valence-electron chi connectivity index (χ1n) is 6.23. The van der Waals surface area contributed by atoms with E-state index in [1.54, 1.807) is 24.5 Å². The second-order valence-electron chi connectivity index (χ2n) is 4.71. The molecular formula is C15H18FN3. The summed E-state index contributed by atoms with van der Waals surface area (Å²) in [5.41, 5.74) is 8.27. The smallest absolute Gasteiger partial charge is 0.123 e. The number of likely N-dealkylation sites (N-methyl/N-ethyl adjacent to an activating group) is 1. The van der Waals surface area contributed by atoms with E-state index in [0.717, 1.165) is 12.1 Å². The fourth-order valence-corrected chi connectivity index (χ4v) is 2.02. The Morgan fingerprint density at radius 3 is 2.42 bits per heavy atom. The highest BCUT2D eigenvalue weighted by molar-refractivity contribution is 5.20. The van der Waals surface area contributed by atoms with Gasteiger partial charge in [-0.3, -0.25) is 4.98 Å². The fourth-order valence-electron chi connectivity index (χ4n) is 2.02. The highest BCUT2D eigenvalue weighted by Gasteiger charge is 2.09. The lowest BCUT2D eigenvalue weighted by molar-refractivity contribution is 0.305. The molecule has 100 valence electrons. The maximum Gasteiger partial charge on any atom is 0.123 e. The number of hydrogen-bond acceptors (Lipinski definition) is 3. The molecule has 1 aromatic heterocycles. The van der Waals surface area contributed by atoms with Crippen LogP contribution in [-0.2, 0) is 6.54 Å². The molecule has 0 saturated carbocycles. The molecule has 4 heteroatoms. The summed E-state index contributed by atoms with van der Waals surface area (Å²) in [5, 5.41) is 0. The van der Waals surface area contributed by atoms with Crippen LogP contribution in [0, 0.1) is 5.82 Å². The van der Waals surface area contributed by atoms with Crippen LogP contribution in [0.1, 0.15) is 17.2 Å². The SMILES string of the molecule is CN(Cc1ccncc1)CC(N)c1ccc(F)cc1. The van der Waals surface area contributed by atoms with E-state index in [1.807, 2.05) is 19.2 Å². The lowest BCUT2D eigenvalue weighted by Crippen LogP contribution is -2.28. The van der Waals surface area contributed by atoms with Gasteiger partial charge in [-0.05, 0) is 42.4 Å². The van der Waals surface area contributed by atoms with Crippen LogP contribution in [-0.4, -0.2) is 23.5 Å². The number of halogens is 1. The second-order valence-corrected chi connectivity index (χ2v) is 4.71. The fraction of sp³-hybridized carbons (Fsp3) is 0.267. The van der Waals surface area contributed by atoms with Crippen molar-refractivity contribution in [2.24, 2.45) is 5.73 Å². The summed E-state index contributed by atoms with van der Waals surface area (Å²) in [6.07, 6.45) is 3.56. The molecule has 1 unspecified atom stereocenters. The topological polar surface area (TPSA) is 42.2 Å². The molecule has 0 bridgehead atoms. The van der Waals surface area contributed by atoms with Gasteiger partial charge in [0.15, 0.2) is 0 Å². The van der Waals surface area contributed by atoms with Crippen molar-refractivity contribution in [1.29, 1.82) is 0 Å². The van der Waals surface area contributed by atoms with E-state index in [2.05, 4.69) is 9.88 Å². The quantitative estimate of drug-likeness (QED) is 0.896. The first kappa shape index (κ1) is 13.6. The Balaban J connectivity index is 1.91. The summed E-state index contributed by atoms with van der Waals surface area (Å²) in [6.45, 7) is 1.53. The van der Waals surface area contributed by atoms with Crippen molar-refractivity contribution in [3.05, 3.63) is 65.7 Å². The lowest BCUT2D eigenvalue weighted by atomic mass is 10.1. The summed E-state index contributed by atoms with van der Waals surface area (Å²) in [6, 6.07) is 10.2. The molecule has 0 aliphatic heterocycles. The molecule has 0 fully saturated rings. The zero-order chi connectivity index (χ0) is 13.7. The number of nitrogens with two attached hydrogens (primary N) is 1. The van der Waals surface area contributed by atoms with Crippen LogP contribution >= 0.6 is 0 Å². The molecule has 0 amide bonds. The molecular weight excluding hydrogens is 241 g/mol. The standard InChI is InChI=1S/C15H18FN3/c1-19(10-12-6-8-18-9-7-12)11-15(17)13-2-4-14(16)5-3-13/h2-9,15H,10-11,17H2,1H3. The van der Waals surface area contributed by atoms with E-state index in [0.29, 0.717) is 6.54 Å². The maximum absolute atomic E-state index is 12.8. The van der Waals surface area contributed by atoms with Crippen LogP contribution in [0.5, 0.6) is 0 Å². The van der Waals surface area contributed by atoms with E-state index in [9.17, 15) is 4.39 Å². The number of hydrogen-bond donors (Lipinski definition) is 1. The zero-order valence-corrected chi connectivity index (χ0v) is 11.0. The number of rotatable bonds is 5. The van der Waals surface area contributed by atoms with Crippen LogP contribution in [0.15, 0.2) is 48.8 Å². The van der Waals surface area contributed by atoms with E-state index >= 15 is 0 Å². The zero-order valence-electron chi connectivity index (χ0n) is 11.0. The van der Waals surface area contributed by atoms with Crippen LogP contribution in [0.3, 0.4) is 0 Å². The summed E-state index contributed by atoms with van der Waals surface area (Å²) in [7, 11) is 2.02. The monoisotopic (exact) mass is 259 g/mol. The molecule has 0 aliphatic rings. The molecule has 1 atom stereocenters. The molecule has 1 aromatic carbocycles. The van der Waals surface area contributed by atoms with Gasteiger partial charge in [0.25, 0.3) is 0 Å². The Bertz CT molecular complexity index is 499. The van der Waals surface area contributed by atoms with Gasteiger partial charge in [-0.15, -0.1) is 0 Å². The maximum atomic E-state index is 12.8. The number of nitrogens with zero attached hydrogens (tertiary/aromatic N) is 2. The third-order valence-corrected chi connectivity index (χ3v) is 3.01. The van der Waals surface area contributed by atoms with Crippen molar-refractivity contribution in [2.45, 2.75) is 12.6 Å². The largest absolute Gasteiger partial charge is 0.323 e. The molecule has 19 heavy (non-hydrogen) atoms. The molecule has 3 nitrogen and oxygen atoms in total. The second kappa shape index (κ2) is 6.41. The normalized spacial score (nSPS) is 12.6. The van der Waals surface area contributed by atoms with Gasteiger partial charge in [0.05, 0.1) is 0 Å². The first-order valence-corrected chi connectivity index (χ1v) is 6.23. The summed E-state index contributed by atoms with van der Waals surface area (Å²) in [4.78, 5) is 6.13. The Kier molecular flexibility index (Phi) is 4.60. The first-order chi connectivity index (χ1) is 9.15. The van der Waals surface area contributed by atoms with E-state index in [-0.39, 0.29) is 11.9 Å². The summed E-state index contributed by atoms with van der Waals surface area (Å²) >= 11 is 0. The Labute approximate surface area is 112 Å². The lowest BCUT2D eigenvalue weighted by Gasteiger charge is -2.21. The molecule has 2 aromatic rings. The molecule has 1 heterocycles. The number of aromatic nitrogens is 1. The number of benzene rings is 1. The minimum absolute atomic E-state index is 0.118. The van der Waals surface area contributed by atoms with E-state index in [1.165, 1.54) is 17.7 Å². The average molecular weight is 259 g/mol. The van der Waals surface area contributed by atoms with Gasteiger partial charge in [-0.25, -0.2) is 4.39 Å². The number of pyridine rings is 1.